The van der Waals surface area contributed by atoms with Crippen molar-refractivity contribution in [2.45, 2.75) is 25.7 Å². The standard InChI is InChI=1S/C25H28ClN3O4S2/c1-5-28(6-2)34(30,31)17-9-7-8-10-20(4)22-18-29(25-24(22)23(26)15-16-27-25)35(32,33)21-13-11-19(3)12-14-21/h7-16,18H,4-6,17H2,1-3H3/b9-7-,10-8-. The number of sulfonamides is 1. The molecule has 0 aliphatic rings. The minimum absolute atomic E-state index is 0.116. The average molecular weight is 534 g/mol. The Hall–Kier alpha value is -2.72. The number of aryl methyl sites for hydroxylation is 1. The molecule has 35 heavy (non-hydrogen) atoms. The summed E-state index contributed by atoms with van der Waals surface area (Å²) in [5.41, 5.74) is 2.15. The second kappa shape index (κ2) is 10.9. The number of aromatic nitrogens is 2. The van der Waals surface area contributed by atoms with Crippen LogP contribution in [0.3, 0.4) is 0 Å². The van der Waals surface area contributed by atoms with Crippen LogP contribution >= 0.6 is 11.6 Å². The van der Waals surface area contributed by atoms with Crippen molar-refractivity contribution in [2.24, 2.45) is 0 Å². The second-order valence-corrected chi connectivity index (χ2v) is 12.1. The van der Waals surface area contributed by atoms with E-state index >= 15 is 0 Å². The molecule has 0 aliphatic heterocycles. The lowest BCUT2D eigenvalue weighted by Crippen LogP contribution is -2.32. The van der Waals surface area contributed by atoms with Crippen molar-refractivity contribution in [3.63, 3.8) is 0 Å². The summed E-state index contributed by atoms with van der Waals surface area (Å²) in [5.74, 6) is -0.116. The smallest absolute Gasteiger partial charge is 0.237 e. The van der Waals surface area contributed by atoms with E-state index in [4.69, 9.17) is 11.6 Å². The number of benzene rings is 1. The van der Waals surface area contributed by atoms with Crippen LogP contribution in [0, 0.1) is 6.92 Å². The van der Waals surface area contributed by atoms with Gasteiger partial charge in [-0.3, -0.25) is 0 Å². The summed E-state index contributed by atoms with van der Waals surface area (Å²) in [4.78, 5) is 4.40. The molecule has 0 N–H and O–H groups in total. The van der Waals surface area contributed by atoms with E-state index in [-0.39, 0.29) is 16.3 Å². The molecule has 186 valence electrons. The summed E-state index contributed by atoms with van der Waals surface area (Å²) >= 11 is 6.43. The molecule has 1 aromatic carbocycles. The number of hydrogen-bond acceptors (Lipinski definition) is 5. The maximum atomic E-state index is 13.4. The number of pyridine rings is 1. The van der Waals surface area contributed by atoms with Gasteiger partial charge in [0.2, 0.25) is 10.0 Å². The van der Waals surface area contributed by atoms with Gasteiger partial charge in [0.15, 0.2) is 5.65 Å². The first-order valence-electron chi connectivity index (χ1n) is 11.0. The van der Waals surface area contributed by atoms with Gasteiger partial charge in [0.1, 0.15) is 0 Å². The first-order chi connectivity index (χ1) is 16.5. The molecule has 0 aliphatic carbocycles. The Morgan fingerprint density at radius 2 is 1.74 bits per heavy atom. The lowest BCUT2D eigenvalue weighted by atomic mass is 10.1. The topological polar surface area (TPSA) is 89.3 Å². The first-order valence-corrected chi connectivity index (χ1v) is 14.4. The van der Waals surface area contributed by atoms with E-state index in [0.29, 0.717) is 34.6 Å². The Labute approximate surface area is 212 Å². The zero-order valence-corrected chi connectivity index (χ0v) is 22.2. The van der Waals surface area contributed by atoms with E-state index in [1.807, 2.05) is 6.92 Å². The molecule has 0 atom stereocenters. The molecular weight excluding hydrogens is 506 g/mol. The number of hydrogen-bond donors (Lipinski definition) is 0. The van der Waals surface area contributed by atoms with Crippen LogP contribution in [0.2, 0.25) is 5.02 Å². The zero-order valence-electron chi connectivity index (χ0n) is 19.8. The lowest BCUT2D eigenvalue weighted by Gasteiger charge is -2.16. The quantitative estimate of drug-likeness (QED) is 0.341. The molecule has 0 spiro atoms. The molecule has 0 unspecified atom stereocenters. The van der Waals surface area contributed by atoms with Gasteiger partial charge >= 0.3 is 0 Å². The molecule has 0 bridgehead atoms. The molecule has 0 fully saturated rings. The highest BCUT2D eigenvalue weighted by molar-refractivity contribution is 7.90. The van der Waals surface area contributed by atoms with Gasteiger partial charge in [0.05, 0.1) is 15.7 Å². The van der Waals surface area contributed by atoms with Crippen LogP contribution in [0.1, 0.15) is 25.0 Å². The van der Waals surface area contributed by atoms with Crippen LogP contribution in [-0.2, 0) is 20.0 Å². The average Bonchev–Trinajstić information content (AvgIpc) is 3.21. The Kier molecular flexibility index (Phi) is 8.38. The van der Waals surface area contributed by atoms with Crippen molar-refractivity contribution in [2.75, 3.05) is 18.8 Å². The van der Waals surface area contributed by atoms with Crippen molar-refractivity contribution in [3.05, 3.63) is 89.8 Å². The lowest BCUT2D eigenvalue weighted by molar-refractivity contribution is 0.447. The molecule has 10 heteroatoms. The van der Waals surface area contributed by atoms with Gasteiger partial charge in [0.25, 0.3) is 10.0 Å². The summed E-state index contributed by atoms with van der Waals surface area (Å²) in [6.45, 7) is 10.4. The van der Waals surface area contributed by atoms with Crippen LogP contribution in [0.5, 0.6) is 0 Å². The SMILES string of the molecule is C=C(/C=C\C=C/CS(=O)(=O)N(CC)CC)c1cn(S(=O)(=O)c2ccc(C)cc2)c2nccc(Cl)c12. The van der Waals surface area contributed by atoms with Crippen LogP contribution < -0.4 is 0 Å². The van der Waals surface area contributed by atoms with Crippen molar-refractivity contribution in [3.8, 4) is 0 Å². The van der Waals surface area contributed by atoms with E-state index in [2.05, 4.69) is 11.6 Å². The first kappa shape index (κ1) is 26.9. The highest BCUT2D eigenvalue weighted by Gasteiger charge is 2.24. The molecule has 0 saturated carbocycles. The molecule has 3 rings (SSSR count). The minimum atomic E-state index is -3.93. The van der Waals surface area contributed by atoms with Gasteiger partial charge in [-0.1, -0.05) is 74.0 Å². The summed E-state index contributed by atoms with van der Waals surface area (Å²) in [6.07, 6.45) is 9.40. The van der Waals surface area contributed by atoms with Crippen LogP contribution in [0.4, 0.5) is 0 Å². The van der Waals surface area contributed by atoms with Crippen molar-refractivity contribution >= 4 is 48.3 Å². The van der Waals surface area contributed by atoms with E-state index in [0.717, 1.165) is 9.54 Å². The highest BCUT2D eigenvalue weighted by atomic mass is 35.5. The number of halogens is 1. The Morgan fingerprint density at radius 3 is 2.37 bits per heavy atom. The maximum absolute atomic E-state index is 13.4. The largest absolute Gasteiger partial charge is 0.269 e. The molecule has 0 radical (unpaired) electrons. The molecule has 2 heterocycles. The monoisotopic (exact) mass is 533 g/mol. The third-order valence-electron chi connectivity index (χ3n) is 5.48. The number of nitrogens with zero attached hydrogens (tertiary/aromatic N) is 3. The third-order valence-corrected chi connectivity index (χ3v) is 9.37. The normalized spacial score (nSPS) is 12.9. The molecule has 3 aromatic rings. The fourth-order valence-electron chi connectivity index (χ4n) is 3.58. The van der Waals surface area contributed by atoms with E-state index in [1.54, 1.807) is 68.5 Å². The Bertz CT molecular complexity index is 1500. The predicted octanol–water partition coefficient (Wildman–Crippen LogP) is 5.03. The summed E-state index contributed by atoms with van der Waals surface area (Å²) in [5, 5.41) is 0.811. The summed E-state index contributed by atoms with van der Waals surface area (Å²) < 4.78 is 53.8. The molecule has 0 amide bonds. The third kappa shape index (κ3) is 5.75. The van der Waals surface area contributed by atoms with E-state index in [1.165, 1.54) is 16.7 Å². The molecule has 7 nitrogen and oxygen atoms in total. The van der Waals surface area contributed by atoms with Gasteiger partial charge < -0.3 is 0 Å². The van der Waals surface area contributed by atoms with Gasteiger partial charge in [0, 0.05) is 36.4 Å². The van der Waals surface area contributed by atoms with E-state index < -0.39 is 20.0 Å². The fourth-order valence-corrected chi connectivity index (χ4v) is 6.49. The minimum Gasteiger partial charge on any atom is -0.237 e. The van der Waals surface area contributed by atoms with Gasteiger partial charge in [-0.2, -0.15) is 0 Å². The van der Waals surface area contributed by atoms with Crippen molar-refractivity contribution in [1.29, 1.82) is 0 Å². The number of allylic oxidation sites excluding steroid dienone is 4. The summed E-state index contributed by atoms with van der Waals surface area (Å²) in [7, 11) is -7.28. The second-order valence-electron chi connectivity index (χ2n) is 7.82. The Balaban J connectivity index is 1.94. The van der Waals surface area contributed by atoms with E-state index in [9.17, 15) is 16.8 Å². The van der Waals surface area contributed by atoms with Crippen molar-refractivity contribution < 1.29 is 16.8 Å². The van der Waals surface area contributed by atoms with Crippen LogP contribution in [0.25, 0.3) is 16.6 Å². The van der Waals surface area contributed by atoms with Crippen LogP contribution in [-0.4, -0.2) is 48.9 Å². The molecule has 2 aromatic heterocycles. The van der Waals surface area contributed by atoms with Gasteiger partial charge in [-0.25, -0.2) is 30.1 Å². The summed E-state index contributed by atoms with van der Waals surface area (Å²) in [6, 6.07) is 8.15. The Morgan fingerprint density at radius 1 is 1.09 bits per heavy atom. The van der Waals surface area contributed by atoms with Crippen LogP contribution in [0.15, 0.2) is 78.5 Å². The zero-order chi connectivity index (χ0) is 25.8. The molecular formula is C25H28ClN3O4S2. The molecule has 0 saturated heterocycles. The predicted molar refractivity (Wildman–Crippen MR) is 143 cm³/mol. The highest BCUT2D eigenvalue weighted by Crippen LogP contribution is 2.33. The maximum Gasteiger partial charge on any atom is 0.269 e. The van der Waals surface area contributed by atoms with Gasteiger partial charge in [-0.05, 0) is 30.7 Å². The number of fused-ring (bicyclic) bond motifs is 1. The fraction of sp³-hybridized carbons (Fsp3) is 0.240. The van der Waals surface area contributed by atoms with Crippen molar-refractivity contribution in [1.82, 2.24) is 13.3 Å². The number of rotatable bonds is 10. The van der Waals surface area contributed by atoms with Gasteiger partial charge in [-0.15, -0.1) is 0 Å².